The fourth-order valence-corrected chi connectivity index (χ4v) is 4.60. The number of aromatic nitrogens is 3. The molecule has 4 aromatic rings. The van der Waals surface area contributed by atoms with Crippen LogP contribution in [0.2, 0.25) is 5.02 Å². The monoisotopic (exact) mass is 505 g/mol. The maximum Gasteiger partial charge on any atom is 0.225 e. The summed E-state index contributed by atoms with van der Waals surface area (Å²) in [6, 6.07) is 14.5. The molecule has 5 rings (SSSR count). The molecule has 0 saturated carbocycles. The van der Waals surface area contributed by atoms with Crippen LogP contribution in [0.4, 0.5) is 27.5 Å². The van der Waals surface area contributed by atoms with Crippen molar-refractivity contribution in [3.05, 3.63) is 76.8 Å². The second-order valence-corrected chi connectivity index (χ2v) is 9.35. The molecule has 0 radical (unpaired) electrons. The minimum absolute atomic E-state index is 0.264. The Kier molecular flexibility index (Phi) is 7.16. The second-order valence-electron chi connectivity index (χ2n) is 8.92. The first-order valence-corrected chi connectivity index (χ1v) is 12.5. The molecule has 0 bridgehead atoms. The molecule has 36 heavy (non-hydrogen) atoms. The number of likely N-dealkylation sites (N-methyl/N-ethyl adjacent to an activating group) is 1. The number of aryl methyl sites for hydroxylation is 1. The molecular formula is C27H29ClFN7. The summed E-state index contributed by atoms with van der Waals surface area (Å²) in [4.78, 5) is 18.3. The molecule has 1 aliphatic heterocycles. The number of anilines is 4. The van der Waals surface area contributed by atoms with Crippen LogP contribution in [0.1, 0.15) is 18.2 Å². The second kappa shape index (κ2) is 10.6. The Bertz CT molecular complexity index is 1370. The standard InChI is InChI=1S/C27H29ClFN7/c1-3-35-10-12-36(13-11-35)26-14-18(2)32-27(34-26)31-17-19-15-21(5-7-23(19)29)33-24-8-9-30-25-16-20(28)4-6-22(24)25/h4-9,14-16H,3,10-13,17H2,1-2H3,(H,30,33)(H,31,32,34). The Morgan fingerprint density at radius 3 is 2.64 bits per heavy atom. The highest BCUT2D eigenvalue weighted by molar-refractivity contribution is 6.31. The molecule has 1 aliphatic rings. The Hall–Kier alpha value is -3.49. The Labute approximate surface area is 215 Å². The molecule has 186 valence electrons. The van der Waals surface area contributed by atoms with E-state index in [1.165, 1.54) is 6.07 Å². The number of benzene rings is 2. The number of hydrogen-bond acceptors (Lipinski definition) is 7. The lowest BCUT2D eigenvalue weighted by atomic mass is 10.1. The average molecular weight is 506 g/mol. The number of nitrogens with zero attached hydrogens (tertiary/aromatic N) is 5. The van der Waals surface area contributed by atoms with Crippen molar-refractivity contribution >= 4 is 45.6 Å². The number of pyridine rings is 1. The molecule has 9 heteroatoms. The highest BCUT2D eigenvalue weighted by Crippen LogP contribution is 2.28. The number of nitrogens with one attached hydrogen (secondary N) is 2. The SMILES string of the molecule is CCN1CCN(c2cc(C)nc(NCc3cc(Nc4ccnc5cc(Cl)ccc45)ccc3F)n2)CC1. The molecule has 1 saturated heterocycles. The lowest BCUT2D eigenvalue weighted by Crippen LogP contribution is -2.46. The van der Waals surface area contributed by atoms with Gasteiger partial charge in [-0.25, -0.2) is 9.37 Å². The van der Waals surface area contributed by atoms with E-state index in [0.29, 0.717) is 16.5 Å². The van der Waals surface area contributed by atoms with Crippen molar-refractivity contribution in [1.82, 2.24) is 19.9 Å². The predicted molar refractivity (Wildman–Crippen MR) is 145 cm³/mol. The lowest BCUT2D eigenvalue weighted by molar-refractivity contribution is 0.270. The van der Waals surface area contributed by atoms with Crippen LogP contribution in [0.5, 0.6) is 0 Å². The minimum atomic E-state index is -0.289. The van der Waals surface area contributed by atoms with Crippen LogP contribution in [-0.2, 0) is 6.54 Å². The molecular weight excluding hydrogens is 477 g/mol. The van der Waals surface area contributed by atoms with Gasteiger partial charge in [-0.2, -0.15) is 4.98 Å². The summed E-state index contributed by atoms with van der Waals surface area (Å²) in [5, 5.41) is 8.17. The van der Waals surface area contributed by atoms with Gasteiger partial charge in [0.05, 0.1) is 5.52 Å². The summed E-state index contributed by atoms with van der Waals surface area (Å²) in [5.41, 5.74) is 3.83. The van der Waals surface area contributed by atoms with Crippen LogP contribution in [-0.4, -0.2) is 52.6 Å². The fraction of sp³-hybridized carbons (Fsp3) is 0.296. The highest BCUT2D eigenvalue weighted by Gasteiger charge is 2.18. The molecule has 0 spiro atoms. The van der Waals surface area contributed by atoms with Gasteiger partial charge in [0.1, 0.15) is 11.6 Å². The highest BCUT2D eigenvalue weighted by atomic mass is 35.5. The lowest BCUT2D eigenvalue weighted by Gasteiger charge is -2.34. The molecule has 2 aromatic heterocycles. The zero-order chi connectivity index (χ0) is 25.1. The van der Waals surface area contributed by atoms with Crippen molar-refractivity contribution < 1.29 is 4.39 Å². The average Bonchev–Trinajstić information content (AvgIpc) is 2.88. The van der Waals surface area contributed by atoms with E-state index in [1.54, 1.807) is 18.3 Å². The number of hydrogen-bond donors (Lipinski definition) is 2. The van der Waals surface area contributed by atoms with Gasteiger partial charge in [-0.05, 0) is 55.9 Å². The van der Waals surface area contributed by atoms with E-state index in [0.717, 1.165) is 66.5 Å². The fourth-order valence-electron chi connectivity index (χ4n) is 4.43. The predicted octanol–water partition coefficient (Wildman–Crippen LogP) is 5.62. The van der Waals surface area contributed by atoms with Crippen molar-refractivity contribution in [3.63, 3.8) is 0 Å². The smallest absolute Gasteiger partial charge is 0.225 e. The maximum absolute atomic E-state index is 14.7. The van der Waals surface area contributed by atoms with Gasteiger partial charge in [0.15, 0.2) is 0 Å². The van der Waals surface area contributed by atoms with Crippen molar-refractivity contribution in [2.24, 2.45) is 0 Å². The Morgan fingerprint density at radius 1 is 1.00 bits per heavy atom. The summed E-state index contributed by atoms with van der Waals surface area (Å²) in [6.07, 6.45) is 1.72. The third kappa shape index (κ3) is 5.50. The van der Waals surface area contributed by atoms with Gasteiger partial charge < -0.3 is 20.4 Å². The van der Waals surface area contributed by atoms with E-state index in [9.17, 15) is 4.39 Å². The van der Waals surface area contributed by atoms with Gasteiger partial charge in [0.2, 0.25) is 5.95 Å². The summed E-state index contributed by atoms with van der Waals surface area (Å²) in [7, 11) is 0. The summed E-state index contributed by atoms with van der Waals surface area (Å²) >= 11 is 6.11. The van der Waals surface area contributed by atoms with Gasteiger partial charge in [-0.1, -0.05) is 18.5 Å². The van der Waals surface area contributed by atoms with E-state index in [-0.39, 0.29) is 12.4 Å². The summed E-state index contributed by atoms with van der Waals surface area (Å²) < 4.78 is 14.7. The van der Waals surface area contributed by atoms with Crippen LogP contribution in [0, 0.1) is 12.7 Å². The van der Waals surface area contributed by atoms with E-state index in [4.69, 9.17) is 16.6 Å². The van der Waals surface area contributed by atoms with Crippen LogP contribution in [0.15, 0.2) is 54.7 Å². The van der Waals surface area contributed by atoms with Crippen LogP contribution >= 0.6 is 11.6 Å². The zero-order valence-electron chi connectivity index (χ0n) is 20.4. The van der Waals surface area contributed by atoms with Crippen LogP contribution in [0.25, 0.3) is 10.9 Å². The quantitative estimate of drug-likeness (QED) is 0.337. The molecule has 1 fully saturated rings. The molecule has 3 heterocycles. The van der Waals surface area contributed by atoms with E-state index in [1.807, 2.05) is 37.3 Å². The summed E-state index contributed by atoms with van der Waals surface area (Å²) in [5.74, 6) is 1.11. The normalized spacial score (nSPS) is 14.3. The number of fused-ring (bicyclic) bond motifs is 1. The van der Waals surface area contributed by atoms with E-state index >= 15 is 0 Å². The van der Waals surface area contributed by atoms with Crippen molar-refractivity contribution in [2.45, 2.75) is 20.4 Å². The van der Waals surface area contributed by atoms with Gasteiger partial charge in [-0.15, -0.1) is 0 Å². The van der Waals surface area contributed by atoms with Crippen LogP contribution in [0.3, 0.4) is 0 Å². The Balaban J connectivity index is 1.31. The minimum Gasteiger partial charge on any atom is -0.355 e. The topological polar surface area (TPSA) is 69.2 Å². The Morgan fingerprint density at radius 2 is 1.83 bits per heavy atom. The molecule has 0 atom stereocenters. The van der Waals surface area contributed by atoms with Crippen LogP contribution < -0.4 is 15.5 Å². The number of halogens is 2. The molecule has 0 aliphatic carbocycles. The maximum atomic E-state index is 14.7. The third-order valence-electron chi connectivity index (χ3n) is 6.45. The first-order chi connectivity index (χ1) is 17.5. The molecule has 7 nitrogen and oxygen atoms in total. The van der Waals surface area contributed by atoms with Gasteiger partial charge >= 0.3 is 0 Å². The van der Waals surface area contributed by atoms with Crippen molar-refractivity contribution in [3.8, 4) is 0 Å². The van der Waals surface area contributed by atoms with E-state index in [2.05, 4.69) is 37.3 Å². The molecule has 0 amide bonds. The van der Waals surface area contributed by atoms with E-state index < -0.39 is 0 Å². The van der Waals surface area contributed by atoms with Gasteiger partial charge in [0, 0.05) is 78.0 Å². The number of rotatable bonds is 7. The van der Waals surface area contributed by atoms with Gasteiger partial charge in [-0.3, -0.25) is 4.98 Å². The zero-order valence-corrected chi connectivity index (χ0v) is 21.2. The largest absolute Gasteiger partial charge is 0.355 e. The molecule has 2 aromatic carbocycles. The molecule has 2 N–H and O–H groups in total. The first-order valence-electron chi connectivity index (χ1n) is 12.1. The summed E-state index contributed by atoms with van der Waals surface area (Å²) in [6.45, 7) is 9.38. The third-order valence-corrected chi connectivity index (χ3v) is 6.69. The first kappa shape index (κ1) is 24.2. The molecule has 0 unspecified atom stereocenters. The van der Waals surface area contributed by atoms with Crippen molar-refractivity contribution in [1.29, 1.82) is 0 Å². The van der Waals surface area contributed by atoms with Crippen molar-refractivity contribution in [2.75, 3.05) is 48.3 Å². The number of piperazine rings is 1. The van der Waals surface area contributed by atoms with Gasteiger partial charge in [0.25, 0.3) is 0 Å².